The molecule has 94 heavy (non-hydrogen) atoms. The van der Waals surface area contributed by atoms with E-state index in [1.807, 2.05) is 193 Å². The van der Waals surface area contributed by atoms with E-state index in [1.165, 1.54) is 27.8 Å². The number of aryl methyl sites for hydroxylation is 3. The number of nitrogens with zero attached hydrogens (tertiary/aromatic N) is 5. The van der Waals surface area contributed by atoms with Crippen molar-refractivity contribution in [2.75, 3.05) is 96.2 Å². The van der Waals surface area contributed by atoms with Crippen molar-refractivity contribution < 1.29 is 28.7 Å². The number of nitriles is 1. The van der Waals surface area contributed by atoms with E-state index in [4.69, 9.17) is 35.7 Å². The molecule has 0 radical (unpaired) electrons. The van der Waals surface area contributed by atoms with Gasteiger partial charge in [-0.05, 0) is 167 Å². The fourth-order valence-corrected chi connectivity index (χ4v) is 8.58. The number of para-hydroxylation sites is 3. The number of hydrogen-bond donors (Lipinski definition) is 3. The van der Waals surface area contributed by atoms with Crippen LogP contribution in [0.4, 0.5) is 0 Å². The zero-order chi connectivity index (χ0) is 69.2. The third-order valence-corrected chi connectivity index (χ3v) is 14.1. The number of aromatic hydroxyl groups is 1. The van der Waals surface area contributed by atoms with Crippen molar-refractivity contribution in [2.45, 2.75) is 84.0 Å². The number of carbonyl (C=O) groups excluding carboxylic acids is 1. The first kappa shape index (κ1) is 87.6. The van der Waals surface area contributed by atoms with E-state index in [2.05, 4.69) is 172 Å². The Bertz CT molecular complexity index is 3120. The third kappa shape index (κ3) is 43.5. The van der Waals surface area contributed by atoms with Gasteiger partial charge >= 0.3 is 0 Å². The number of aliphatic hydroxyl groups is 1. The van der Waals surface area contributed by atoms with Gasteiger partial charge in [-0.15, -0.1) is 11.6 Å². The second kappa shape index (κ2) is 54.8. The molecule has 12 nitrogen and oxygen atoms in total. The van der Waals surface area contributed by atoms with E-state index in [9.17, 15) is 9.90 Å². The van der Waals surface area contributed by atoms with Crippen LogP contribution in [0.2, 0.25) is 0 Å². The van der Waals surface area contributed by atoms with Crippen LogP contribution in [0.25, 0.3) is 0 Å². The molecule has 17 heteroatoms. The smallest absolute Gasteiger partial charge is 0.211 e. The molecule has 3 N–H and O–H groups in total. The van der Waals surface area contributed by atoms with Gasteiger partial charge in [-0.2, -0.15) is 5.26 Å². The molecule has 8 aromatic carbocycles. The molecular weight excluding hydrogens is 1320 g/mol. The molecule has 4 atom stereocenters. The molecule has 0 bridgehead atoms. The molecule has 8 aromatic rings. The highest BCUT2D eigenvalue weighted by molar-refractivity contribution is 9.12. The van der Waals surface area contributed by atoms with E-state index >= 15 is 0 Å². The Morgan fingerprint density at radius 1 is 0.511 bits per heavy atom. The van der Waals surface area contributed by atoms with Crippen LogP contribution in [-0.2, 0) is 9.23 Å². The van der Waals surface area contributed by atoms with Crippen LogP contribution in [0.5, 0.6) is 17.2 Å². The first-order valence-electron chi connectivity index (χ1n) is 30.8. The number of carbonyl (C=O) groups is 1. The number of benzene rings is 8. The summed E-state index contributed by atoms with van der Waals surface area (Å²) in [5, 5.41) is 29.2. The van der Waals surface area contributed by atoms with Gasteiger partial charge < -0.3 is 44.6 Å². The quantitative estimate of drug-likeness (QED) is 0.0301. The number of rotatable bonds is 24. The first-order valence-corrected chi connectivity index (χ1v) is 34.8. The number of ether oxygens (including phenoxy) is 2. The molecule has 8 rings (SSSR count). The van der Waals surface area contributed by atoms with Gasteiger partial charge in [-0.25, -0.2) is 4.21 Å². The summed E-state index contributed by atoms with van der Waals surface area (Å²) < 4.78 is 21.5. The fraction of sp³-hybridized carbons (Fsp3) is 0.351. The highest BCUT2D eigenvalue weighted by atomic mass is 79.9. The molecule has 0 saturated carbocycles. The van der Waals surface area contributed by atoms with E-state index in [0.29, 0.717) is 12.2 Å². The normalized spacial score (nSPS) is 11.4. The van der Waals surface area contributed by atoms with Crippen LogP contribution in [0, 0.1) is 31.0 Å². The topological polar surface area (TPSA) is 142 Å². The van der Waals surface area contributed by atoms with Crippen molar-refractivity contribution in [1.82, 2.24) is 24.9 Å². The molecule has 0 aliphatic heterocycles. The minimum absolute atomic E-state index is 0. The van der Waals surface area contributed by atoms with Gasteiger partial charge in [0.05, 0.1) is 11.5 Å². The van der Waals surface area contributed by atoms with Crippen molar-refractivity contribution in [1.29, 1.82) is 5.26 Å². The summed E-state index contributed by atoms with van der Waals surface area (Å²) in [5.74, 6) is 2.52. The summed E-state index contributed by atoms with van der Waals surface area (Å²) in [4.78, 5) is 21.5. The Labute approximate surface area is 590 Å². The number of alkyl halides is 1. The number of phenols is 1. The lowest BCUT2D eigenvalue weighted by Crippen LogP contribution is -2.19. The standard InChI is InChI=1S/C18H23NO.C17H21NO.C11H16ClN.C11H17NO.C11H15NO.C7H8O.CBrN.CH4.Cl2OS/c1-15-9-7-8-12-17(15)20-18(13-14-19(2)3)16-10-5-4-6-11-16;1-14-8-6-7-11-16(14)19-17(12-13-18-2)15-9-4-3-5-10-15;1-13(2)9-8-11(12)10-6-4-3-5-7-10;2*1-12(2)9-8-11(13)10-6-4-3-5-7-10;1-6-4-2-3-5-7(6)8;2-1-3;;1-4(2)3/h4-12,18H,13-14H2,1-3H3;3-11,17-18H,12-13H2,1-2H3;3-7,11H,8-9H2,1-2H3;3-7,11,13H,8-9H2,1-2H3;3-7H,8-9H2,1-2H3;2-5,8H,1H3;;1H4;. The van der Waals surface area contributed by atoms with Gasteiger partial charge in [0.15, 0.2) is 5.78 Å². The molecule has 0 spiro atoms. The summed E-state index contributed by atoms with van der Waals surface area (Å²) in [7, 11) is 25.6. The zero-order valence-electron chi connectivity index (χ0n) is 56.4. The molecule has 0 amide bonds. The Kier molecular flexibility index (Phi) is 51.0. The SMILES string of the molecule is C.CN(C)CCC(=O)c1ccccc1.CN(C)CCC(Cl)c1ccccc1.CN(C)CCC(O)c1ccccc1.CNCCC(Oc1ccccc1C)c1ccccc1.Cc1ccccc1O.Cc1ccccc1OC(CCN(C)C)c1ccccc1.N#CBr.O=S(Cl)Cl. The van der Waals surface area contributed by atoms with Crippen LogP contribution in [-0.4, -0.2) is 136 Å². The highest BCUT2D eigenvalue weighted by Crippen LogP contribution is 2.29. The summed E-state index contributed by atoms with van der Waals surface area (Å²) >= 11 is 8.68. The number of hydrogen-bond acceptors (Lipinski definition) is 12. The highest BCUT2D eigenvalue weighted by Gasteiger charge is 2.16. The third-order valence-electron chi connectivity index (χ3n) is 13.6. The van der Waals surface area contributed by atoms with Crippen LogP contribution >= 0.6 is 48.9 Å². The zero-order valence-corrected chi connectivity index (χ0v) is 61.1. The van der Waals surface area contributed by atoms with Gasteiger partial charge in [-0.1, -0.05) is 214 Å². The van der Waals surface area contributed by atoms with Crippen LogP contribution in [0.3, 0.4) is 0 Å². The molecule has 0 fully saturated rings. The minimum atomic E-state index is -1.67. The predicted molar refractivity (Wildman–Crippen MR) is 404 cm³/mol. The van der Waals surface area contributed by atoms with Crippen molar-refractivity contribution >= 4 is 63.9 Å². The second-order valence-electron chi connectivity index (χ2n) is 22.4. The number of ketones is 1. The Hall–Kier alpha value is -6.42. The van der Waals surface area contributed by atoms with E-state index in [0.717, 1.165) is 86.6 Å². The van der Waals surface area contributed by atoms with Gasteiger partial charge in [0, 0.05) is 81.8 Å². The van der Waals surface area contributed by atoms with Crippen molar-refractivity contribution in [2.24, 2.45) is 0 Å². The number of halogens is 4. The van der Waals surface area contributed by atoms with E-state index < -0.39 is 9.23 Å². The van der Waals surface area contributed by atoms with Gasteiger partial charge in [-0.3, -0.25) is 4.79 Å². The maximum absolute atomic E-state index is 11.5. The molecule has 0 saturated heterocycles. The summed E-state index contributed by atoms with van der Waals surface area (Å²) in [6, 6.07) is 73.9. The number of nitrogens with one attached hydrogen (secondary N) is 1. The first-order chi connectivity index (χ1) is 44.5. The Balaban J connectivity index is 0.00000110. The lowest BCUT2D eigenvalue weighted by Gasteiger charge is -2.22. The number of Topliss-reactive ketones (excluding diaryl/α,β-unsaturated/α-hetero) is 1. The molecule has 4 unspecified atom stereocenters. The van der Waals surface area contributed by atoms with Gasteiger partial charge in [0.2, 0.25) is 9.23 Å². The molecular formula is C77H104BrCl3N6O6S. The molecule has 0 aliphatic rings. The molecule has 0 heterocycles. The Morgan fingerprint density at radius 2 is 0.830 bits per heavy atom. The van der Waals surface area contributed by atoms with Crippen molar-refractivity contribution in [3.63, 3.8) is 0 Å². The largest absolute Gasteiger partial charge is 0.508 e. The van der Waals surface area contributed by atoms with Crippen molar-refractivity contribution in [3.8, 4) is 22.2 Å². The average molecular weight is 1430 g/mol. The lowest BCUT2D eigenvalue weighted by atomic mass is 10.1. The van der Waals surface area contributed by atoms with Crippen molar-refractivity contribution in [3.05, 3.63) is 269 Å². The minimum Gasteiger partial charge on any atom is -0.508 e. The van der Waals surface area contributed by atoms with Crippen LogP contribution in [0.1, 0.15) is 113 Å². The lowest BCUT2D eigenvalue weighted by molar-refractivity contribution is 0.0972. The fourth-order valence-electron chi connectivity index (χ4n) is 8.34. The maximum atomic E-state index is 11.5. The second-order valence-corrected chi connectivity index (χ2v) is 25.8. The van der Waals surface area contributed by atoms with E-state index in [1.54, 1.807) is 11.0 Å². The van der Waals surface area contributed by atoms with Gasteiger partial charge in [0.25, 0.3) is 0 Å². The maximum Gasteiger partial charge on any atom is 0.211 e. The predicted octanol–water partition coefficient (Wildman–Crippen LogP) is 18.4. The number of phenolic OH excluding ortho intramolecular Hbond substituents is 1. The van der Waals surface area contributed by atoms with Gasteiger partial charge in [0.1, 0.15) is 34.4 Å². The average Bonchev–Trinajstić information content (AvgIpc) is 0.944. The van der Waals surface area contributed by atoms with Crippen LogP contribution < -0.4 is 14.8 Å². The molecule has 0 aliphatic carbocycles. The Morgan fingerprint density at radius 3 is 1.19 bits per heavy atom. The summed E-state index contributed by atoms with van der Waals surface area (Å²) in [6.45, 7) is 10.7. The number of aliphatic hydroxyl groups excluding tert-OH is 1. The molecule has 512 valence electrons. The summed E-state index contributed by atoms with van der Waals surface area (Å²) in [6.07, 6.45) is 4.17. The monoisotopic (exact) mass is 1420 g/mol. The molecule has 0 aromatic heterocycles. The van der Waals surface area contributed by atoms with Crippen LogP contribution in [0.15, 0.2) is 224 Å². The summed E-state index contributed by atoms with van der Waals surface area (Å²) in [5.41, 5.74) is 8.76. The van der Waals surface area contributed by atoms with E-state index in [-0.39, 0.29) is 36.9 Å².